The summed E-state index contributed by atoms with van der Waals surface area (Å²) in [6.07, 6.45) is 2.91. The molecule has 1 aromatic heterocycles. The molecule has 0 saturated carbocycles. The van der Waals surface area contributed by atoms with Crippen LogP contribution in [0.15, 0.2) is 103 Å². The van der Waals surface area contributed by atoms with Gasteiger partial charge in [0, 0.05) is 31.4 Å². The number of Topliss-reactive ketones (excluding diaryl/α,β-unsaturated/α-hetero) is 1. The summed E-state index contributed by atoms with van der Waals surface area (Å²) >= 11 is 0. The van der Waals surface area contributed by atoms with Crippen LogP contribution in [0, 0.1) is 0 Å². The minimum Gasteiger partial charge on any atom is -0.461 e. The lowest BCUT2D eigenvalue weighted by atomic mass is 9.76. The molecule has 0 bridgehead atoms. The van der Waals surface area contributed by atoms with E-state index in [4.69, 9.17) is 9.84 Å². The molecule has 0 fully saturated rings. The molecule has 0 amide bonds. The number of aromatic nitrogens is 2. The first-order valence-corrected chi connectivity index (χ1v) is 12.9. The predicted molar refractivity (Wildman–Crippen MR) is 147 cm³/mol. The van der Waals surface area contributed by atoms with Gasteiger partial charge in [0.1, 0.15) is 11.2 Å². The Balaban J connectivity index is 1.93. The van der Waals surface area contributed by atoms with E-state index >= 15 is 0 Å². The van der Waals surface area contributed by atoms with Crippen LogP contribution in [0.4, 0.5) is 0 Å². The van der Waals surface area contributed by atoms with Gasteiger partial charge in [0.2, 0.25) is 5.78 Å². The van der Waals surface area contributed by atoms with Gasteiger partial charge >= 0.3 is 5.97 Å². The van der Waals surface area contributed by atoms with Crippen LogP contribution in [-0.4, -0.2) is 47.1 Å². The molecule has 0 spiro atoms. The molecule has 1 aliphatic carbocycles. The highest BCUT2D eigenvalue weighted by atomic mass is 16.5. The zero-order valence-electron chi connectivity index (χ0n) is 21.9. The molecule has 38 heavy (non-hydrogen) atoms. The number of benzene rings is 3. The van der Waals surface area contributed by atoms with Gasteiger partial charge in [-0.25, -0.2) is 9.48 Å². The lowest BCUT2D eigenvalue weighted by Crippen LogP contribution is -2.41. The van der Waals surface area contributed by atoms with E-state index in [1.165, 1.54) is 0 Å². The SMILES string of the molecule is CCOC(=O)c1nn(C(c2ccccc2)(c2ccccc2)c2ccccc2)c2c1CCC(=CN(C)C)C2=O. The van der Waals surface area contributed by atoms with E-state index < -0.39 is 11.5 Å². The standard InChI is InChI=1S/C32H31N3O3/c1-4-38-31(37)28-27-21-20-23(22-34(2)3)30(36)29(27)35(33-28)32(24-14-8-5-9-15-24,25-16-10-6-11-17-25)26-18-12-7-13-19-26/h5-19,22H,4,20-21H2,1-3H3. The Labute approximate surface area is 223 Å². The van der Waals surface area contributed by atoms with Gasteiger partial charge < -0.3 is 9.64 Å². The second kappa shape index (κ2) is 10.5. The zero-order valence-corrected chi connectivity index (χ0v) is 21.9. The molecule has 0 saturated heterocycles. The first-order chi connectivity index (χ1) is 18.5. The topological polar surface area (TPSA) is 64.4 Å². The number of rotatable bonds is 7. The summed E-state index contributed by atoms with van der Waals surface area (Å²) in [5.41, 5.74) is 3.70. The normalized spacial score (nSPS) is 14.3. The fourth-order valence-electron chi connectivity index (χ4n) is 5.39. The molecule has 0 aliphatic heterocycles. The number of hydrogen-bond donors (Lipinski definition) is 0. The van der Waals surface area contributed by atoms with Crippen LogP contribution >= 0.6 is 0 Å². The number of fused-ring (bicyclic) bond motifs is 1. The van der Waals surface area contributed by atoms with Crippen molar-refractivity contribution in [3.8, 4) is 0 Å². The molecule has 0 N–H and O–H groups in total. The molecule has 4 aromatic rings. The first-order valence-electron chi connectivity index (χ1n) is 12.9. The van der Waals surface area contributed by atoms with Gasteiger partial charge in [-0.2, -0.15) is 5.10 Å². The Hall–Kier alpha value is -4.45. The molecule has 3 aromatic carbocycles. The van der Waals surface area contributed by atoms with E-state index in [0.717, 1.165) is 16.7 Å². The summed E-state index contributed by atoms with van der Waals surface area (Å²) in [6.45, 7) is 1.99. The summed E-state index contributed by atoms with van der Waals surface area (Å²) < 4.78 is 7.19. The first kappa shape index (κ1) is 25.2. The predicted octanol–water partition coefficient (Wildman–Crippen LogP) is 5.47. The molecular weight excluding hydrogens is 474 g/mol. The number of carbonyl (C=O) groups is 2. The van der Waals surface area contributed by atoms with E-state index in [2.05, 4.69) is 0 Å². The summed E-state index contributed by atoms with van der Waals surface area (Å²) in [5.74, 6) is -0.645. The minimum absolute atomic E-state index is 0.129. The van der Waals surface area contributed by atoms with Gasteiger partial charge in [-0.3, -0.25) is 4.79 Å². The van der Waals surface area contributed by atoms with Gasteiger partial charge in [0.25, 0.3) is 0 Å². The van der Waals surface area contributed by atoms with Gasteiger partial charge in [0.05, 0.1) is 6.61 Å². The van der Waals surface area contributed by atoms with Crippen LogP contribution in [0.2, 0.25) is 0 Å². The molecule has 0 radical (unpaired) electrons. The second-order valence-corrected chi connectivity index (χ2v) is 9.56. The fraction of sp³-hybridized carbons (Fsp3) is 0.219. The van der Waals surface area contributed by atoms with Crippen molar-refractivity contribution in [1.82, 2.24) is 14.7 Å². The van der Waals surface area contributed by atoms with E-state index in [-0.39, 0.29) is 18.1 Å². The van der Waals surface area contributed by atoms with Gasteiger partial charge in [-0.05, 0) is 36.5 Å². The van der Waals surface area contributed by atoms with Crippen molar-refractivity contribution in [2.45, 2.75) is 25.3 Å². The number of nitrogens with zero attached hydrogens (tertiary/aromatic N) is 3. The van der Waals surface area contributed by atoms with Crippen LogP contribution in [0.3, 0.4) is 0 Å². The Morgan fingerprint density at radius 2 is 1.39 bits per heavy atom. The maximum absolute atomic E-state index is 14.2. The van der Waals surface area contributed by atoms with Gasteiger partial charge in [0.15, 0.2) is 5.69 Å². The highest BCUT2D eigenvalue weighted by Crippen LogP contribution is 2.43. The maximum atomic E-state index is 14.2. The molecule has 1 heterocycles. The molecular formula is C32H31N3O3. The summed E-state index contributed by atoms with van der Waals surface area (Å²) in [7, 11) is 3.80. The minimum atomic E-state index is -1.02. The van der Waals surface area contributed by atoms with Crippen molar-refractivity contribution < 1.29 is 14.3 Å². The number of esters is 1. The van der Waals surface area contributed by atoms with Crippen molar-refractivity contribution in [3.05, 3.63) is 136 Å². The number of carbonyl (C=O) groups excluding carboxylic acids is 2. The van der Waals surface area contributed by atoms with E-state index in [1.807, 2.05) is 116 Å². The lowest BCUT2D eigenvalue weighted by molar-refractivity contribution is 0.0516. The monoisotopic (exact) mass is 505 g/mol. The lowest BCUT2D eigenvalue weighted by Gasteiger charge is -2.38. The van der Waals surface area contributed by atoms with Crippen molar-refractivity contribution in [3.63, 3.8) is 0 Å². The molecule has 6 nitrogen and oxygen atoms in total. The molecule has 1 aliphatic rings. The van der Waals surface area contributed by atoms with Crippen molar-refractivity contribution in [1.29, 1.82) is 0 Å². The van der Waals surface area contributed by atoms with E-state index in [0.29, 0.717) is 29.7 Å². The molecule has 0 unspecified atom stereocenters. The van der Waals surface area contributed by atoms with Crippen LogP contribution in [0.1, 0.15) is 56.6 Å². The van der Waals surface area contributed by atoms with Crippen molar-refractivity contribution >= 4 is 11.8 Å². The van der Waals surface area contributed by atoms with Gasteiger partial charge in [-0.1, -0.05) is 91.0 Å². The Morgan fingerprint density at radius 3 is 1.84 bits per heavy atom. The van der Waals surface area contributed by atoms with Crippen LogP contribution in [0.25, 0.3) is 0 Å². The number of ether oxygens (including phenoxy) is 1. The number of ketones is 1. The quantitative estimate of drug-likeness (QED) is 0.189. The van der Waals surface area contributed by atoms with E-state index in [1.54, 1.807) is 11.6 Å². The smallest absolute Gasteiger partial charge is 0.359 e. The second-order valence-electron chi connectivity index (χ2n) is 9.56. The average molecular weight is 506 g/mol. The van der Waals surface area contributed by atoms with Crippen molar-refractivity contribution in [2.24, 2.45) is 0 Å². The summed E-state index contributed by atoms with van der Waals surface area (Å²) in [6, 6.07) is 30.1. The highest BCUT2D eigenvalue weighted by Gasteiger charge is 2.45. The molecule has 0 atom stereocenters. The third-order valence-electron chi connectivity index (χ3n) is 6.91. The number of hydrogen-bond acceptors (Lipinski definition) is 5. The third-order valence-corrected chi connectivity index (χ3v) is 6.91. The van der Waals surface area contributed by atoms with E-state index in [9.17, 15) is 9.59 Å². The van der Waals surface area contributed by atoms with Crippen LogP contribution in [-0.2, 0) is 16.7 Å². The number of allylic oxidation sites excluding steroid dienone is 1. The van der Waals surface area contributed by atoms with Crippen LogP contribution in [0.5, 0.6) is 0 Å². The molecule has 192 valence electrons. The van der Waals surface area contributed by atoms with Gasteiger partial charge in [-0.15, -0.1) is 0 Å². The van der Waals surface area contributed by atoms with Crippen LogP contribution < -0.4 is 0 Å². The maximum Gasteiger partial charge on any atom is 0.359 e. The zero-order chi connectivity index (χ0) is 26.7. The Bertz CT molecular complexity index is 1380. The van der Waals surface area contributed by atoms with Crippen molar-refractivity contribution in [2.75, 3.05) is 20.7 Å². The summed E-state index contributed by atoms with van der Waals surface area (Å²) in [5, 5.41) is 4.96. The summed E-state index contributed by atoms with van der Waals surface area (Å²) in [4.78, 5) is 29.3. The molecule has 6 heteroatoms. The largest absolute Gasteiger partial charge is 0.461 e. The highest BCUT2D eigenvalue weighted by molar-refractivity contribution is 6.11. The Kier molecular flexibility index (Phi) is 6.97. The fourth-order valence-corrected chi connectivity index (χ4v) is 5.39. The molecule has 5 rings (SSSR count). The average Bonchev–Trinajstić information content (AvgIpc) is 3.33. The Morgan fingerprint density at radius 1 is 0.895 bits per heavy atom. The third kappa shape index (κ3) is 4.22.